The Kier molecular flexibility index (Phi) is 5.21. The second-order valence-electron chi connectivity index (χ2n) is 2.92. The highest BCUT2D eigenvalue weighted by molar-refractivity contribution is 4.60. The summed E-state index contributed by atoms with van der Waals surface area (Å²) in [4.78, 5) is 9.36. The van der Waals surface area contributed by atoms with Gasteiger partial charge in [0.15, 0.2) is 0 Å². The fraction of sp³-hybridized carbons (Fsp3) is 1.00. The molecule has 2 aliphatic rings. The lowest BCUT2D eigenvalue weighted by atomic mass is 10.3. The van der Waals surface area contributed by atoms with Gasteiger partial charge in [-0.1, -0.05) is 0 Å². The predicted octanol–water partition coefficient (Wildman–Crippen LogP) is -1.85. The van der Waals surface area contributed by atoms with E-state index in [0.717, 1.165) is 13.0 Å². The van der Waals surface area contributed by atoms with Crippen LogP contribution in [0.3, 0.4) is 0 Å². The molecule has 78 valence electrons. The maximum atomic E-state index is 8.54. The summed E-state index contributed by atoms with van der Waals surface area (Å²) in [7, 11) is 0. The van der Waals surface area contributed by atoms with E-state index in [1.54, 1.807) is 0 Å². The van der Waals surface area contributed by atoms with Crippen molar-refractivity contribution < 1.29 is 19.9 Å². The van der Waals surface area contributed by atoms with E-state index < -0.39 is 0 Å². The molecule has 6 nitrogen and oxygen atoms in total. The summed E-state index contributed by atoms with van der Waals surface area (Å²) in [5.74, 6) is 0. The number of hydrogen-bond donors (Lipinski definition) is 4. The van der Waals surface area contributed by atoms with E-state index in [0.29, 0.717) is 13.2 Å². The summed E-state index contributed by atoms with van der Waals surface area (Å²) in [6.45, 7) is 2.00. The Morgan fingerprint density at radius 3 is 2.46 bits per heavy atom. The Morgan fingerprint density at radius 1 is 1.38 bits per heavy atom. The van der Waals surface area contributed by atoms with Crippen molar-refractivity contribution in [2.75, 3.05) is 26.3 Å². The average Bonchev–Trinajstić information content (AvgIpc) is 2.76. The Bertz CT molecular complexity index is 124. The smallest absolute Gasteiger partial charge is 0.103 e. The maximum Gasteiger partial charge on any atom is 0.103 e. The molecule has 0 amide bonds. The van der Waals surface area contributed by atoms with Crippen LogP contribution in [0.4, 0.5) is 0 Å². The molecule has 0 radical (unpaired) electrons. The average molecular weight is 192 g/mol. The van der Waals surface area contributed by atoms with Crippen molar-refractivity contribution >= 4 is 0 Å². The minimum absolute atomic E-state index is 0.0417. The predicted molar refractivity (Wildman–Crippen MR) is 44.5 cm³/mol. The first-order valence-electron chi connectivity index (χ1n) is 4.35. The standard InChI is InChI=1S/C4H9NO2.C3H7NO2/c6-3-4-1-2-5-7-4;5-3-1-4-6-2-3/h4-6H,1-3H2;3-5H,1-2H2. The number of hydroxylamine groups is 2. The highest BCUT2D eigenvalue weighted by Gasteiger charge is 2.12. The molecule has 0 bridgehead atoms. The summed E-state index contributed by atoms with van der Waals surface area (Å²) in [6, 6.07) is 0. The lowest BCUT2D eigenvalue weighted by molar-refractivity contribution is 0.00197. The molecule has 2 rings (SSSR count). The largest absolute Gasteiger partial charge is 0.394 e. The van der Waals surface area contributed by atoms with Gasteiger partial charge in [0.1, 0.15) is 6.10 Å². The molecular weight excluding hydrogens is 176 g/mol. The third-order valence-corrected chi connectivity index (χ3v) is 1.72. The van der Waals surface area contributed by atoms with Gasteiger partial charge in [-0.05, 0) is 6.42 Å². The third-order valence-electron chi connectivity index (χ3n) is 1.72. The van der Waals surface area contributed by atoms with Crippen LogP contribution in [0.15, 0.2) is 0 Å². The Morgan fingerprint density at radius 2 is 2.23 bits per heavy atom. The minimum atomic E-state index is -0.287. The highest BCUT2D eigenvalue weighted by Crippen LogP contribution is 1.99. The second-order valence-corrected chi connectivity index (χ2v) is 2.92. The lowest BCUT2D eigenvalue weighted by Crippen LogP contribution is -2.13. The zero-order valence-corrected chi connectivity index (χ0v) is 7.40. The summed E-state index contributed by atoms with van der Waals surface area (Å²) in [5.41, 5.74) is 5.19. The number of rotatable bonds is 1. The van der Waals surface area contributed by atoms with E-state index in [4.69, 9.17) is 15.1 Å². The van der Waals surface area contributed by atoms with Crippen molar-refractivity contribution in [1.29, 1.82) is 0 Å². The van der Waals surface area contributed by atoms with Crippen molar-refractivity contribution in [1.82, 2.24) is 11.0 Å². The molecule has 0 aromatic heterocycles. The number of aliphatic hydroxyl groups excluding tert-OH is 2. The van der Waals surface area contributed by atoms with Gasteiger partial charge in [0.05, 0.1) is 19.3 Å². The number of β-amino-alcohol motifs (C(OH)–C–C–N with tert-alkyl or cyclic N) is 1. The van der Waals surface area contributed by atoms with Gasteiger partial charge in [-0.2, -0.15) is 5.48 Å². The molecule has 2 atom stereocenters. The molecule has 6 heteroatoms. The topological polar surface area (TPSA) is 83.0 Å². The number of nitrogens with one attached hydrogen (secondary N) is 2. The molecule has 2 fully saturated rings. The first-order chi connectivity index (χ1) is 6.33. The SMILES string of the molecule is OC1CNOC1.OCC1CCNO1. The summed E-state index contributed by atoms with van der Waals surface area (Å²) in [5, 5.41) is 16.9. The zero-order valence-electron chi connectivity index (χ0n) is 7.40. The van der Waals surface area contributed by atoms with E-state index in [9.17, 15) is 0 Å². The van der Waals surface area contributed by atoms with Crippen LogP contribution in [0.5, 0.6) is 0 Å². The summed E-state index contributed by atoms with van der Waals surface area (Å²) >= 11 is 0. The van der Waals surface area contributed by atoms with Crippen LogP contribution < -0.4 is 11.0 Å². The van der Waals surface area contributed by atoms with Crippen molar-refractivity contribution in [2.45, 2.75) is 18.6 Å². The molecule has 2 aliphatic heterocycles. The van der Waals surface area contributed by atoms with Gasteiger partial charge in [0.25, 0.3) is 0 Å². The van der Waals surface area contributed by atoms with E-state index in [-0.39, 0.29) is 18.8 Å². The van der Waals surface area contributed by atoms with Crippen LogP contribution in [-0.2, 0) is 9.68 Å². The van der Waals surface area contributed by atoms with Gasteiger partial charge in [-0.25, -0.2) is 5.48 Å². The Hall–Kier alpha value is -0.240. The van der Waals surface area contributed by atoms with Crippen molar-refractivity contribution in [3.05, 3.63) is 0 Å². The van der Waals surface area contributed by atoms with E-state index in [1.165, 1.54) is 0 Å². The molecule has 0 saturated carbocycles. The molecule has 0 aromatic rings. The summed E-state index contributed by atoms with van der Waals surface area (Å²) in [6.07, 6.45) is 0.682. The van der Waals surface area contributed by atoms with Gasteiger partial charge in [0, 0.05) is 13.1 Å². The number of hydrogen-bond acceptors (Lipinski definition) is 6. The van der Waals surface area contributed by atoms with Gasteiger partial charge < -0.3 is 10.2 Å². The first-order valence-corrected chi connectivity index (χ1v) is 4.35. The fourth-order valence-corrected chi connectivity index (χ4v) is 0.953. The zero-order chi connectivity index (χ0) is 9.52. The van der Waals surface area contributed by atoms with Crippen LogP contribution in [0.25, 0.3) is 0 Å². The van der Waals surface area contributed by atoms with Crippen LogP contribution in [0.2, 0.25) is 0 Å². The Labute approximate surface area is 76.7 Å². The van der Waals surface area contributed by atoms with Crippen molar-refractivity contribution in [2.24, 2.45) is 0 Å². The lowest BCUT2D eigenvalue weighted by Gasteiger charge is -1.99. The molecule has 0 aromatic carbocycles. The summed E-state index contributed by atoms with van der Waals surface area (Å²) < 4.78 is 0. The molecular formula is C7H16N2O4. The third kappa shape index (κ3) is 4.51. The molecule has 13 heavy (non-hydrogen) atoms. The van der Waals surface area contributed by atoms with Crippen molar-refractivity contribution in [3.8, 4) is 0 Å². The van der Waals surface area contributed by atoms with Crippen LogP contribution in [0.1, 0.15) is 6.42 Å². The molecule has 0 spiro atoms. The van der Waals surface area contributed by atoms with Gasteiger partial charge in [-0.3, -0.25) is 9.68 Å². The van der Waals surface area contributed by atoms with Crippen molar-refractivity contribution in [3.63, 3.8) is 0 Å². The van der Waals surface area contributed by atoms with Crippen LogP contribution in [-0.4, -0.2) is 48.7 Å². The fourth-order valence-electron chi connectivity index (χ4n) is 0.953. The molecule has 2 heterocycles. The van der Waals surface area contributed by atoms with E-state index in [1.807, 2.05) is 0 Å². The van der Waals surface area contributed by atoms with Crippen LogP contribution >= 0.6 is 0 Å². The Balaban J connectivity index is 0.000000132. The quantitative estimate of drug-likeness (QED) is 0.390. The highest BCUT2D eigenvalue weighted by atomic mass is 16.7. The molecule has 2 saturated heterocycles. The minimum Gasteiger partial charge on any atom is -0.394 e. The number of aliphatic hydroxyl groups is 2. The monoisotopic (exact) mass is 192 g/mol. The van der Waals surface area contributed by atoms with E-state index >= 15 is 0 Å². The maximum absolute atomic E-state index is 8.54. The molecule has 4 N–H and O–H groups in total. The molecule has 2 unspecified atom stereocenters. The van der Waals surface area contributed by atoms with Gasteiger partial charge in [0.2, 0.25) is 0 Å². The van der Waals surface area contributed by atoms with E-state index in [2.05, 4.69) is 15.8 Å². The first kappa shape index (κ1) is 10.8. The van der Waals surface area contributed by atoms with Gasteiger partial charge in [-0.15, -0.1) is 0 Å². The second kappa shape index (κ2) is 6.25. The normalized spacial score (nSPS) is 32.8. The van der Waals surface area contributed by atoms with Crippen LogP contribution in [0, 0.1) is 0 Å². The van der Waals surface area contributed by atoms with Gasteiger partial charge >= 0.3 is 0 Å². The molecule has 0 aliphatic carbocycles.